The minimum Gasteiger partial charge on any atom is -0.508 e. The lowest BCUT2D eigenvalue weighted by Crippen LogP contribution is -2.23. The number of rotatable bonds is 3. The van der Waals surface area contributed by atoms with Crippen molar-refractivity contribution in [2.24, 2.45) is 7.05 Å². The van der Waals surface area contributed by atoms with E-state index in [1.165, 1.54) is 6.07 Å². The molecule has 1 amide bonds. The summed E-state index contributed by atoms with van der Waals surface area (Å²) in [5.41, 5.74) is 3.34. The van der Waals surface area contributed by atoms with Crippen LogP contribution in [0.25, 0.3) is 0 Å². The molecule has 0 bridgehead atoms. The fourth-order valence-corrected chi connectivity index (χ4v) is 1.89. The number of phenols is 1. The third kappa shape index (κ3) is 2.76. The zero-order chi connectivity index (χ0) is 14.0. The number of hydrogen-bond donors (Lipinski definition) is 2. The van der Waals surface area contributed by atoms with Crippen molar-refractivity contribution in [3.05, 3.63) is 46.8 Å². The van der Waals surface area contributed by atoms with Gasteiger partial charge in [0.25, 0.3) is 5.91 Å². The average Bonchev–Trinajstić information content (AvgIpc) is 2.67. The van der Waals surface area contributed by atoms with Crippen molar-refractivity contribution in [2.75, 3.05) is 0 Å². The first-order valence-corrected chi connectivity index (χ1v) is 6.04. The topological polar surface area (TPSA) is 67.2 Å². The Labute approximate surface area is 111 Å². The van der Waals surface area contributed by atoms with E-state index in [1.54, 1.807) is 29.9 Å². The fraction of sp³-hybridized carbons (Fsp3) is 0.286. The summed E-state index contributed by atoms with van der Waals surface area (Å²) in [5.74, 6) is 0.0120. The zero-order valence-corrected chi connectivity index (χ0v) is 11.3. The second kappa shape index (κ2) is 5.14. The summed E-state index contributed by atoms with van der Waals surface area (Å²) in [6.45, 7) is 4.20. The van der Waals surface area contributed by atoms with Crippen molar-refractivity contribution in [1.29, 1.82) is 0 Å². The molecule has 5 heteroatoms. The molecule has 19 heavy (non-hydrogen) atoms. The Balaban J connectivity index is 2.07. The van der Waals surface area contributed by atoms with Gasteiger partial charge in [0.05, 0.1) is 6.20 Å². The van der Waals surface area contributed by atoms with Crippen LogP contribution in [0, 0.1) is 13.8 Å². The second-order valence-electron chi connectivity index (χ2n) is 4.56. The van der Waals surface area contributed by atoms with E-state index >= 15 is 0 Å². The first-order chi connectivity index (χ1) is 8.99. The van der Waals surface area contributed by atoms with E-state index in [0.29, 0.717) is 12.1 Å². The minimum absolute atomic E-state index is 0.152. The second-order valence-corrected chi connectivity index (χ2v) is 4.56. The highest BCUT2D eigenvalue weighted by Crippen LogP contribution is 2.15. The lowest BCUT2D eigenvalue weighted by Gasteiger charge is -2.08. The molecule has 0 aliphatic heterocycles. The summed E-state index contributed by atoms with van der Waals surface area (Å²) in [5, 5.41) is 16.3. The summed E-state index contributed by atoms with van der Waals surface area (Å²) in [6.07, 6.45) is 1.75. The number of phenolic OH excluding ortho intramolecular Hbond substituents is 1. The van der Waals surface area contributed by atoms with E-state index in [0.717, 1.165) is 16.8 Å². The number of hydrogen-bond acceptors (Lipinski definition) is 3. The van der Waals surface area contributed by atoms with Crippen molar-refractivity contribution in [2.45, 2.75) is 20.4 Å². The third-order valence-corrected chi connectivity index (χ3v) is 3.23. The molecule has 0 saturated carbocycles. The molecule has 0 saturated heterocycles. The third-order valence-electron chi connectivity index (χ3n) is 3.23. The molecular weight excluding hydrogens is 242 g/mol. The number of aromatic hydroxyl groups is 1. The molecule has 1 aromatic carbocycles. The van der Waals surface area contributed by atoms with Crippen molar-refractivity contribution in [1.82, 2.24) is 15.1 Å². The number of carbonyl (C=O) groups excluding carboxylic acids is 1. The van der Waals surface area contributed by atoms with Crippen LogP contribution in [0.4, 0.5) is 0 Å². The molecule has 2 rings (SSSR count). The number of nitrogens with one attached hydrogen (secondary N) is 1. The van der Waals surface area contributed by atoms with Crippen molar-refractivity contribution >= 4 is 5.91 Å². The predicted molar refractivity (Wildman–Crippen MR) is 72.0 cm³/mol. The molecule has 0 aliphatic rings. The molecule has 0 spiro atoms. The fourth-order valence-electron chi connectivity index (χ4n) is 1.89. The molecule has 1 heterocycles. The van der Waals surface area contributed by atoms with Gasteiger partial charge in [0, 0.05) is 30.4 Å². The van der Waals surface area contributed by atoms with E-state index in [1.807, 2.05) is 14.0 Å². The summed E-state index contributed by atoms with van der Waals surface area (Å²) in [4.78, 5) is 12.0. The Bertz CT molecular complexity index is 617. The van der Waals surface area contributed by atoms with Crippen LogP contribution in [-0.4, -0.2) is 20.8 Å². The van der Waals surface area contributed by atoms with Gasteiger partial charge in [0.2, 0.25) is 0 Å². The maximum absolute atomic E-state index is 12.0. The Morgan fingerprint density at radius 3 is 2.74 bits per heavy atom. The Kier molecular flexibility index (Phi) is 3.55. The van der Waals surface area contributed by atoms with Crippen molar-refractivity contribution in [3.8, 4) is 5.75 Å². The summed E-state index contributed by atoms with van der Waals surface area (Å²) in [7, 11) is 1.87. The number of aromatic nitrogens is 2. The van der Waals surface area contributed by atoms with Gasteiger partial charge in [-0.15, -0.1) is 0 Å². The van der Waals surface area contributed by atoms with Crippen molar-refractivity contribution in [3.63, 3.8) is 0 Å². The molecule has 0 radical (unpaired) electrons. The molecule has 5 nitrogen and oxygen atoms in total. The lowest BCUT2D eigenvalue weighted by molar-refractivity contribution is 0.0950. The monoisotopic (exact) mass is 259 g/mol. The highest BCUT2D eigenvalue weighted by molar-refractivity contribution is 5.95. The van der Waals surface area contributed by atoms with Gasteiger partial charge in [-0.3, -0.25) is 9.48 Å². The van der Waals surface area contributed by atoms with E-state index < -0.39 is 0 Å². The van der Waals surface area contributed by atoms with Gasteiger partial charge in [0.1, 0.15) is 5.75 Å². The van der Waals surface area contributed by atoms with Gasteiger partial charge < -0.3 is 10.4 Å². The van der Waals surface area contributed by atoms with E-state index in [-0.39, 0.29) is 11.7 Å². The number of amides is 1. The van der Waals surface area contributed by atoms with Gasteiger partial charge in [0.15, 0.2) is 0 Å². The summed E-state index contributed by atoms with van der Waals surface area (Å²) in [6, 6.07) is 4.71. The SMILES string of the molecule is Cc1cc(O)ccc1C(=O)NCc1cnn(C)c1C. The predicted octanol–water partition coefficient (Wildman–Crippen LogP) is 1.67. The van der Waals surface area contributed by atoms with Crippen LogP contribution in [0.3, 0.4) is 0 Å². The van der Waals surface area contributed by atoms with Crippen LogP contribution in [0.2, 0.25) is 0 Å². The van der Waals surface area contributed by atoms with Crippen LogP contribution >= 0.6 is 0 Å². The Morgan fingerprint density at radius 2 is 2.16 bits per heavy atom. The largest absolute Gasteiger partial charge is 0.508 e. The van der Waals surface area contributed by atoms with Crippen LogP contribution in [0.5, 0.6) is 5.75 Å². The van der Waals surface area contributed by atoms with Crippen LogP contribution in [-0.2, 0) is 13.6 Å². The molecule has 100 valence electrons. The smallest absolute Gasteiger partial charge is 0.251 e. The highest BCUT2D eigenvalue weighted by atomic mass is 16.3. The highest BCUT2D eigenvalue weighted by Gasteiger charge is 2.10. The lowest BCUT2D eigenvalue weighted by atomic mass is 10.1. The van der Waals surface area contributed by atoms with Crippen LogP contribution < -0.4 is 5.32 Å². The summed E-state index contributed by atoms with van der Waals surface area (Å²) < 4.78 is 1.77. The quantitative estimate of drug-likeness (QED) is 0.881. The number of nitrogens with zero attached hydrogens (tertiary/aromatic N) is 2. The van der Waals surface area contributed by atoms with Crippen LogP contribution in [0.15, 0.2) is 24.4 Å². The average molecular weight is 259 g/mol. The Hall–Kier alpha value is -2.30. The van der Waals surface area contributed by atoms with Gasteiger partial charge in [-0.1, -0.05) is 0 Å². The molecular formula is C14H17N3O2. The molecule has 0 fully saturated rings. The molecule has 0 unspecified atom stereocenters. The maximum Gasteiger partial charge on any atom is 0.251 e. The molecule has 2 N–H and O–H groups in total. The number of aryl methyl sites for hydroxylation is 2. The molecule has 0 atom stereocenters. The van der Waals surface area contributed by atoms with Gasteiger partial charge >= 0.3 is 0 Å². The van der Waals surface area contributed by atoms with Crippen molar-refractivity contribution < 1.29 is 9.90 Å². The van der Waals surface area contributed by atoms with Gasteiger partial charge in [-0.2, -0.15) is 5.10 Å². The number of carbonyl (C=O) groups is 1. The Morgan fingerprint density at radius 1 is 1.42 bits per heavy atom. The summed E-state index contributed by atoms with van der Waals surface area (Å²) >= 11 is 0. The van der Waals surface area contributed by atoms with Gasteiger partial charge in [-0.05, 0) is 37.6 Å². The van der Waals surface area contributed by atoms with Crippen LogP contribution in [0.1, 0.15) is 27.2 Å². The van der Waals surface area contributed by atoms with E-state index in [9.17, 15) is 9.90 Å². The maximum atomic E-state index is 12.0. The minimum atomic E-state index is -0.152. The van der Waals surface area contributed by atoms with E-state index in [4.69, 9.17) is 0 Å². The standard InChI is InChI=1S/C14H17N3O2/c1-9-6-12(18)4-5-13(9)14(19)15-7-11-8-16-17(3)10(11)2/h4-6,8,18H,7H2,1-3H3,(H,15,19). The molecule has 1 aromatic heterocycles. The zero-order valence-electron chi connectivity index (χ0n) is 11.3. The molecule has 0 aliphatic carbocycles. The van der Waals surface area contributed by atoms with Gasteiger partial charge in [-0.25, -0.2) is 0 Å². The number of benzene rings is 1. The first kappa shape index (κ1) is 13.1. The normalized spacial score (nSPS) is 10.5. The molecule has 2 aromatic rings. The van der Waals surface area contributed by atoms with E-state index in [2.05, 4.69) is 10.4 Å². The first-order valence-electron chi connectivity index (χ1n) is 6.04.